The van der Waals surface area contributed by atoms with Gasteiger partial charge in [0.05, 0.1) is 37.1 Å². The van der Waals surface area contributed by atoms with E-state index in [1.165, 1.54) is 6.07 Å². The molecule has 2 aliphatic rings. The molecule has 2 saturated heterocycles. The molecule has 0 aliphatic carbocycles. The van der Waals surface area contributed by atoms with Crippen LogP contribution >= 0.6 is 0 Å². The number of carbonyl (C=O) groups excluding carboxylic acids is 1. The van der Waals surface area contributed by atoms with Crippen molar-refractivity contribution in [1.29, 1.82) is 0 Å². The lowest BCUT2D eigenvalue weighted by Gasteiger charge is -2.45. The Hall–Kier alpha value is -2.48. The van der Waals surface area contributed by atoms with Gasteiger partial charge >= 0.3 is 6.03 Å². The number of hydrogen-bond donors (Lipinski definition) is 3. The van der Waals surface area contributed by atoms with Crippen LogP contribution in [0.15, 0.2) is 48.5 Å². The summed E-state index contributed by atoms with van der Waals surface area (Å²) in [7, 11) is 0. The molecule has 2 aromatic carbocycles. The van der Waals surface area contributed by atoms with Gasteiger partial charge in [-0.15, -0.1) is 0 Å². The molecular formula is C27H35FN2O4. The maximum Gasteiger partial charge on any atom is 0.315 e. The van der Waals surface area contributed by atoms with Gasteiger partial charge in [-0.3, -0.25) is 0 Å². The molecule has 6 nitrogen and oxygen atoms in total. The summed E-state index contributed by atoms with van der Waals surface area (Å²) in [5.41, 5.74) is 2.58. The van der Waals surface area contributed by atoms with Gasteiger partial charge in [0, 0.05) is 11.6 Å². The number of carbonyl (C=O) groups is 1. The van der Waals surface area contributed by atoms with Crippen LogP contribution < -0.4 is 10.6 Å². The van der Waals surface area contributed by atoms with Crippen molar-refractivity contribution in [1.82, 2.24) is 10.6 Å². The van der Waals surface area contributed by atoms with Crippen LogP contribution in [0.2, 0.25) is 0 Å². The molecule has 0 spiro atoms. The zero-order valence-corrected chi connectivity index (χ0v) is 19.9. The number of nitrogens with one attached hydrogen (secondary N) is 2. The molecule has 2 aliphatic heterocycles. The van der Waals surface area contributed by atoms with Crippen molar-refractivity contribution in [3.63, 3.8) is 0 Å². The fourth-order valence-electron chi connectivity index (χ4n) is 4.91. The van der Waals surface area contributed by atoms with Gasteiger partial charge in [0.2, 0.25) is 0 Å². The second-order valence-corrected chi connectivity index (χ2v) is 9.60. The Kier molecular flexibility index (Phi) is 8.19. The maximum atomic E-state index is 14.1. The van der Waals surface area contributed by atoms with E-state index in [0.717, 1.165) is 36.8 Å². The van der Waals surface area contributed by atoms with Gasteiger partial charge in [0.1, 0.15) is 5.82 Å². The lowest BCUT2D eigenvalue weighted by Crippen LogP contribution is -2.59. The van der Waals surface area contributed by atoms with Crippen LogP contribution in [0.25, 0.3) is 11.1 Å². The first kappa shape index (κ1) is 24.6. The fraction of sp³-hybridized carbons (Fsp3) is 0.519. The normalized spacial score (nSPS) is 26.7. The van der Waals surface area contributed by atoms with Crippen molar-refractivity contribution in [3.05, 3.63) is 59.9 Å². The van der Waals surface area contributed by atoms with Gasteiger partial charge < -0.3 is 25.2 Å². The van der Waals surface area contributed by atoms with Gasteiger partial charge in [0.15, 0.2) is 0 Å². The maximum absolute atomic E-state index is 14.1. The first-order valence-corrected chi connectivity index (χ1v) is 12.3. The summed E-state index contributed by atoms with van der Waals surface area (Å²) >= 11 is 0. The number of aryl methyl sites for hydroxylation is 1. The molecule has 184 valence electrons. The molecule has 2 heterocycles. The van der Waals surface area contributed by atoms with Gasteiger partial charge in [-0.05, 0) is 63.1 Å². The number of ether oxygens (including phenoxy) is 2. The van der Waals surface area contributed by atoms with E-state index in [4.69, 9.17) is 9.47 Å². The summed E-state index contributed by atoms with van der Waals surface area (Å²) in [5.74, 6) is -0.230. The third-order valence-electron chi connectivity index (χ3n) is 6.64. The topological polar surface area (TPSA) is 79.8 Å². The highest BCUT2D eigenvalue weighted by Crippen LogP contribution is 2.33. The molecule has 0 bridgehead atoms. The van der Waals surface area contributed by atoms with Crippen LogP contribution in [-0.4, -0.2) is 54.2 Å². The van der Waals surface area contributed by atoms with Crippen LogP contribution in [0.3, 0.4) is 0 Å². The first-order chi connectivity index (χ1) is 16.4. The molecular weight excluding hydrogens is 435 g/mol. The molecule has 0 radical (unpaired) electrons. The minimum absolute atomic E-state index is 0.00144. The minimum Gasteiger partial charge on any atom is -0.394 e. The Morgan fingerprint density at radius 1 is 1.09 bits per heavy atom. The summed E-state index contributed by atoms with van der Waals surface area (Å²) in [6.07, 6.45) is 3.34. The van der Waals surface area contributed by atoms with Crippen LogP contribution in [0.4, 0.5) is 9.18 Å². The molecule has 2 aromatic rings. The summed E-state index contributed by atoms with van der Waals surface area (Å²) in [6.45, 7) is 3.85. The van der Waals surface area contributed by atoms with E-state index in [-0.39, 0.29) is 55.0 Å². The second kappa shape index (κ2) is 11.3. The molecule has 4 rings (SSSR count). The van der Waals surface area contributed by atoms with Crippen LogP contribution in [-0.2, 0) is 15.9 Å². The molecule has 2 amide bonds. The van der Waals surface area contributed by atoms with Gasteiger partial charge in [-0.25, -0.2) is 9.18 Å². The summed E-state index contributed by atoms with van der Waals surface area (Å²) in [4.78, 5) is 12.4. The van der Waals surface area contributed by atoms with Crippen molar-refractivity contribution >= 4 is 6.03 Å². The molecule has 0 aromatic heterocycles. The van der Waals surface area contributed by atoms with Gasteiger partial charge in [-0.1, -0.05) is 42.5 Å². The SMILES string of the molecule is CC(C)NC(=O)N[C@@H]1C[C@@H]2O[C@@H](CO)CC[C@@H]2O[C@@H]1CCc1ccc(-c2ccccc2F)cc1. The highest BCUT2D eigenvalue weighted by atomic mass is 19.1. The summed E-state index contributed by atoms with van der Waals surface area (Å²) in [5, 5.41) is 15.5. The predicted octanol–water partition coefficient (Wildman–Crippen LogP) is 4.20. The average molecular weight is 471 g/mol. The van der Waals surface area contributed by atoms with Crippen molar-refractivity contribution in [2.24, 2.45) is 0 Å². The van der Waals surface area contributed by atoms with E-state index < -0.39 is 0 Å². The Morgan fingerprint density at radius 2 is 1.85 bits per heavy atom. The molecule has 5 atom stereocenters. The van der Waals surface area contributed by atoms with Crippen LogP contribution in [0.1, 0.15) is 45.1 Å². The third kappa shape index (κ3) is 6.14. The van der Waals surface area contributed by atoms with Crippen molar-refractivity contribution in [2.75, 3.05) is 6.61 Å². The summed E-state index contributed by atoms with van der Waals surface area (Å²) in [6, 6.07) is 14.4. The zero-order valence-electron chi connectivity index (χ0n) is 19.9. The Balaban J connectivity index is 1.41. The molecule has 0 unspecified atom stereocenters. The van der Waals surface area contributed by atoms with Crippen molar-refractivity contribution < 1.29 is 23.8 Å². The minimum atomic E-state index is -0.230. The number of amides is 2. The van der Waals surface area contributed by atoms with Gasteiger partial charge in [-0.2, -0.15) is 0 Å². The number of halogens is 1. The van der Waals surface area contributed by atoms with E-state index in [9.17, 15) is 14.3 Å². The highest BCUT2D eigenvalue weighted by Gasteiger charge is 2.42. The average Bonchev–Trinajstić information content (AvgIpc) is 2.82. The largest absolute Gasteiger partial charge is 0.394 e. The molecule has 34 heavy (non-hydrogen) atoms. The van der Waals surface area contributed by atoms with Crippen molar-refractivity contribution in [3.8, 4) is 11.1 Å². The molecule has 3 N–H and O–H groups in total. The number of urea groups is 1. The second-order valence-electron chi connectivity index (χ2n) is 9.60. The third-order valence-corrected chi connectivity index (χ3v) is 6.64. The lowest BCUT2D eigenvalue weighted by atomic mass is 9.88. The van der Waals surface area contributed by atoms with E-state index in [1.807, 2.05) is 44.2 Å². The molecule has 7 heteroatoms. The number of hydrogen-bond acceptors (Lipinski definition) is 4. The van der Waals surface area contributed by atoms with E-state index in [1.54, 1.807) is 12.1 Å². The zero-order chi connectivity index (χ0) is 24.1. The van der Waals surface area contributed by atoms with Crippen LogP contribution in [0, 0.1) is 5.82 Å². The number of rotatable bonds is 7. The fourth-order valence-corrected chi connectivity index (χ4v) is 4.91. The van der Waals surface area contributed by atoms with E-state index in [0.29, 0.717) is 12.0 Å². The Bertz CT molecular complexity index is 952. The molecule has 0 saturated carbocycles. The Labute approximate surface area is 200 Å². The van der Waals surface area contributed by atoms with E-state index in [2.05, 4.69) is 10.6 Å². The van der Waals surface area contributed by atoms with E-state index >= 15 is 0 Å². The quantitative estimate of drug-likeness (QED) is 0.567. The number of benzene rings is 2. The number of aliphatic hydroxyl groups is 1. The monoisotopic (exact) mass is 470 g/mol. The highest BCUT2D eigenvalue weighted by molar-refractivity contribution is 5.74. The molecule has 2 fully saturated rings. The number of fused-ring (bicyclic) bond motifs is 1. The Morgan fingerprint density at radius 3 is 2.56 bits per heavy atom. The lowest BCUT2D eigenvalue weighted by molar-refractivity contribution is -0.201. The first-order valence-electron chi connectivity index (χ1n) is 12.3. The standard InChI is InChI=1S/C27H35FN2O4/c1-17(2)29-27(32)30-23-15-26-25(14-12-20(16-31)33-26)34-24(23)13-9-18-7-10-19(11-8-18)21-5-3-4-6-22(21)28/h3-8,10-11,17,20,23-26,31H,9,12-16H2,1-2H3,(H2,29,30,32)/t20-,23-,24-,25+,26+/m1/s1. The van der Waals surface area contributed by atoms with Gasteiger partial charge in [0.25, 0.3) is 0 Å². The summed E-state index contributed by atoms with van der Waals surface area (Å²) < 4.78 is 26.6. The number of aliphatic hydroxyl groups excluding tert-OH is 1. The predicted molar refractivity (Wildman–Crippen MR) is 129 cm³/mol. The smallest absolute Gasteiger partial charge is 0.315 e. The van der Waals surface area contributed by atoms with Crippen molar-refractivity contribution in [2.45, 2.75) is 82.5 Å². The van der Waals surface area contributed by atoms with Crippen LogP contribution in [0.5, 0.6) is 0 Å².